The zero-order chi connectivity index (χ0) is 29.9. The van der Waals surface area contributed by atoms with Crippen molar-refractivity contribution in [3.63, 3.8) is 0 Å². The van der Waals surface area contributed by atoms with Crippen molar-refractivity contribution in [2.24, 2.45) is 4.99 Å². The fourth-order valence-electron chi connectivity index (χ4n) is 2.97. The third-order valence-corrected chi connectivity index (χ3v) is 6.35. The van der Waals surface area contributed by atoms with E-state index >= 15 is 0 Å². The minimum atomic E-state index is -1.29. The van der Waals surface area contributed by atoms with Crippen molar-refractivity contribution in [3.8, 4) is 18.2 Å². The van der Waals surface area contributed by atoms with E-state index in [0.29, 0.717) is 4.31 Å². The number of hydrogen-bond acceptors (Lipinski definition) is 11. The second-order valence-electron chi connectivity index (χ2n) is 8.70. The molecule has 0 aromatic carbocycles. The van der Waals surface area contributed by atoms with Gasteiger partial charge in [0.25, 0.3) is 6.47 Å². The van der Waals surface area contributed by atoms with Crippen molar-refractivity contribution in [2.75, 3.05) is 13.7 Å². The Balaban J connectivity index is 2.32. The predicted molar refractivity (Wildman–Crippen MR) is 147 cm³/mol. The third-order valence-electron chi connectivity index (χ3n) is 4.58. The van der Waals surface area contributed by atoms with E-state index in [1.807, 2.05) is 0 Å². The lowest BCUT2D eigenvalue weighted by Crippen LogP contribution is -2.36. The van der Waals surface area contributed by atoms with Crippen molar-refractivity contribution in [1.82, 2.24) is 19.3 Å². The molecule has 0 aliphatic carbocycles. The van der Waals surface area contributed by atoms with Crippen LogP contribution in [0.1, 0.15) is 50.6 Å². The molecule has 0 saturated heterocycles. The zero-order valence-corrected chi connectivity index (χ0v) is 23.8. The molecule has 15 heteroatoms. The number of terminal acetylenes is 1. The van der Waals surface area contributed by atoms with Crippen molar-refractivity contribution in [1.29, 1.82) is 0 Å². The summed E-state index contributed by atoms with van der Waals surface area (Å²) in [4.78, 5) is 39.1. The molecule has 0 radical (unpaired) electrons. The van der Waals surface area contributed by atoms with Gasteiger partial charge in [0.15, 0.2) is 29.9 Å². The fraction of sp³-hybridized carbons (Fsp3) is 0.360. The molecular formula is C25H26F3N5O5S2. The van der Waals surface area contributed by atoms with E-state index in [9.17, 15) is 22.3 Å². The number of ether oxygens (including phenoxy) is 3. The van der Waals surface area contributed by atoms with Gasteiger partial charge in [-0.2, -0.15) is 8.70 Å². The van der Waals surface area contributed by atoms with E-state index in [2.05, 4.69) is 25.9 Å². The Kier molecular flexibility index (Phi) is 12.3. The highest BCUT2D eigenvalue weighted by Gasteiger charge is 2.32. The van der Waals surface area contributed by atoms with E-state index in [1.54, 1.807) is 20.8 Å². The fourth-order valence-corrected chi connectivity index (χ4v) is 4.36. The first kappa shape index (κ1) is 32.4. The number of carbonyl (C=O) groups excluding carboxylic acids is 2. The molecular weight excluding hydrogens is 571 g/mol. The maximum absolute atomic E-state index is 14.9. The summed E-state index contributed by atoms with van der Waals surface area (Å²) < 4.78 is 59.4. The van der Waals surface area contributed by atoms with Crippen molar-refractivity contribution < 1.29 is 36.5 Å². The molecule has 0 N–H and O–H groups in total. The number of aliphatic imine (C=N–C) groups is 1. The van der Waals surface area contributed by atoms with Crippen LogP contribution in [0.3, 0.4) is 0 Å². The van der Waals surface area contributed by atoms with Crippen LogP contribution in [-0.4, -0.2) is 61.5 Å². The van der Waals surface area contributed by atoms with E-state index in [4.69, 9.17) is 20.6 Å². The average molecular weight is 598 g/mol. The lowest BCUT2D eigenvalue weighted by Gasteiger charge is -2.27. The van der Waals surface area contributed by atoms with E-state index in [0.717, 1.165) is 30.2 Å². The van der Waals surface area contributed by atoms with Crippen LogP contribution in [0.15, 0.2) is 29.6 Å². The highest BCUT2D eigenvalue weighted by atomic mass is 32.2. The Morgan fingerprint density at radius 2 is 2.00 bits per heavy atom. The van der Waals surface area contributed by atoms with Gasteiger partial charge in [0.2, 0.25) is 11.8 Å². The maximum atomic E-state index is 14.9. The van der Waals surface area contributed by atoms with Gasteiger partial charge in [0.1, 0.15) is 17.4 Å². The normalized spacial score (nSPS) is 13.6. The molecule has 1 amide bonds. The first-order valence-electron chi connectivity index (χ1n) is 11.4. The minimum Gasteiger partial charge on any atom is -0.463 e. The van der Waals surface area contributed by atoms with Crippen LogP contribution in [0.4, 0.5) is 17.5 Å². The number of thioether (sulfide) groups is 1. The summed E-state index contributed by atoms with van der Waals surface area (Å²) in [5.74, 6) is 0.552. The molecule has 40 heavy (non-hydrogen) atoms. The van der Waals surface area contributed by atoms with Crippen molar-refractivity contribution >= 4 is 53.7 Å². The van der Waals surface area contributed by atoms with Crippen molar-refractivity contribution in [3.05, 3.63) is 47.4 Å². The Morgan fingerprint density at radius 1 is 1.27 bits per heavy atom. The lowest BCUT2D eigenvalue weighted by atomic mass is 10.1. The number of carbonyl (C=O) groups is 2. The highest BCUT2D eigenvalue weighted by molar-refractivity contribution is 8.15. The van der Waals surface area contributed by atoms with Crippen LogP contribution < -0.4 is 4.74 Å². The number of aromatic nitrogens is 3. The highest BCUT2D eigenvalue weighted by Crippen LogP contribution is 2.35. The molecule has 2 aromatic heterocycles. The monoisotopic (exact) mass is 597 g/mol. The Morgan fingerprint density at radius 3 is 2.55 bits per heavy atom. The molecule has 2 atom stereocenters. The largest absolute Gasteiger partial charge is 0.463 e. The number of amides is 1. The van der Waals surface area contributed by atoms with E-state index in [-0.39, 0.29) is 40.9 Å². The molecule has 0 fully saturated rings. The summed E-state index contributed by atoms with van der Waals surface area (Å²) in [5, 5.41) is -0.972. The van der Waals surface area contributed by atoms with Crippen LogP contribution in [0, 0.1) is 18.3 Å². The van der Waals surface area contributed by atoms with Crippen molar-refractivity contribution in [2.45, 2.75) is 44.6 Å². The molecule has 1 unspecified atom stereocenters. The minimum absolute atomic E-state index is 0.0334. The van der Waals surface area contributed by atoms with Gasteiger partial charge in [-0.3, -0.25) is 9.79 Å². The number of rotatable bonds is 10. The number of hydrogen-bond donors (Lipinski definition) is 0. The van der Waals surface area contributed by atoms with Crippen LogP contribution >= 0.6 is 24.1 Å². The molecule has 214 valence electrons. The van der Waals surface area contributed by atoms with Gasteiger partial charge in [0, 0.05) is 18.8 Å². The summed E-state index contributed by atoms with van der Waals surface area (Å²) in [6, 6.07) is 1.23. The van der Waals surface area contributed by atoms with Crippen LogP contribution in [0.5, 0.6) is 5.88 Å². The van der Waals surface area contributed by atoms with Gasteiger partial charge in [-0.1, -0.05) is 17.7 Å². The number of nitrogens with zero attached hydrogens (tertiary/aromatic N) is 5. The third kappa shape index (κ3) is 9.45. The first-order chi connectivity index (χ1) is 18.9. The topological polar surface area (TPSA) is 116 Å². The molecule has 0 aliphatic rings. The van der Waals surface area contributed by atoms with Crippen LogP contribution in [-0.2, 0) is 14.3 Å². The van der Waals surface area contributed by atoms with E-state index in [1.165, 1.54) is 26.2 Å². The number of amidine groups is 1. The van der Waals surface area contributed by atoms with Gasteiger partial charge in [-0.15, -0.1) is 10.3 Å². The maximum Gasteiger partial charge on any atom is 0.428 e. The van der Waals surface area contributed by atoms with Gasteiger partial charge >= 0.3 is 6.09 Å². The van der Waals surface area contributed by atoms with Gasteiger partial charge in [-0.05, 0) is 45.4 Å². The summed E-state index contributed by atoms with van der Waals surface area (Å²) in [6.45, 7) is 6.42. The Hall–Kier alpha value is -3.77. The van der Waals surface area contributed by atoms with Gasteiger partial charge < -0.3 is 14.2 Å². The molecule has 0 aliphatic heterocycles. The average Bonchev–Trinajstić information content (AvgIpc) is 2.90. The SMILES string of the molecule is C#CCOc1cnc(/C(F)=C/c2cnc(F)c([C@H](OC=O)C(C)SC(=NC)N(SF)C(=O)OC(C)(C)C)c2)cn1. The second-order valence-corrected chi connectivity index (χ2v) is 10.5. The summed E-state index contributed by atoms with van der Waals surface area (Å²) >= 11 is 0.373. The summed E-state index contributed by atoms with van der Waals surface area (Å²) in [5.41, 5.74) is -1.15. The standard InChI is InChI=1S/C25H26F3N5O5S2/c1-7-8-36-20-13-30-19(12-31-20)18(26)10-16-9-17(22(27)32-11-16)21(37-14-34)15(2)39-23(29-6)33(40-28)24(35)38-25(3,4)5/h1,9-15,21H,8H2,2-6H3/b18-10-,29-23?/t15?,21-/m1/s1. The van der Waals surface area contributed by atoms with Gasteiger partial charge in [0.05, 0.1) is 17.6 Å². The lowest BCUT2D eigenvalue weighted by molar-refractivity contribution is -0.133. The molecule has 2 heterocycles. The molecule has 0 saturated carbocycles. The summed E-state index contributed by atoms with van der Waals surface area (Å²) in [7, 11) is 1.31. The molecule has 0 spiro atoms. The number of halogens is 3. The quantitative estimate of drug-likeness (QED) is 0.0858. The summed E-state index contributed by atoms with van der Waals surface area (Å²) in [6.07, 6.45) is 7.19. The molecule has 2 aromatic rings. The second kappa shape index (κ2) is 15.1. The zero-order valence-electron chi connectivity index (χ0n) is 22.1. The molecule has 0 bridgehead atoms. The number of pyridine rings is 1. The Bertz CT molecular complexity index is 1280. The van der Waals surface area contributed by atoms with E-state index < -0.39 is 47.2 Å². The first-order valence-corrected chi connectivity index (χ1v) is 12.9. The van der Waals surface area contributed by atoms with Crippen LogP contribution in [0.25, 0.3) is 11.9 Å². The smallest absolute Gasteiger partial charge is 0.428 e. The molecule has 2 rings (SSSR count). The van der Waals surface area contributed by atoms with Gasteiger partial charge in [-0.25, -0.2) is 24.1 Å². The Labute approximate surface area is 238 Å². The predicted octanol–water partition coefficient (Wildman–Crippen LogP) is 5.58. The van der Waals surface area contributed by atoms with Crippen LogP contribution in [0.2, 0.25) is 0 Å². The molecule has 10 nitrogen and oxygen atoms in total.